The molecule has 0 saturated carbocycles. The summed E-state index contributed by atoms with van der Waals surface area (Å²) < 4.78 is 0.0878. The van der Waals surface area contributed by atoms with Gasteiger partial charge in [-0.3, -0.25) is 5.73 Å². The number of amidine groups is 1. The Morgan fingerprint density at radius 3 is 2.21 bits per heavy atom. The zero-order chi connectivity index (χ0) is 20.7. The maximum Gasteiger partial charge on any atom is 0.209 e. The third kappa shape index (κ3) is 9.16. The molecular formula is C23H41N3O2. The minimum absolute atomic E-state index is 0.0878. The van der Waals surface area contributed by atoms with Gasteiger partial charge in [0, 0.05) is 13.3 Å². The van der Waals surface area contributed by atoms with Gasteiger partial charge >= 0.3 is 0 Å². The number of carboxylic acid groups (broad SMARTS) is 1. The van der Waals surface area contributed by atoms with E-state index in [2.05, 4.69) is 24.1 Å². The molecule has 0 saturated heterocycles. The van der Waals surface area contributed by atoms with Crippen LogP contribution < -0.4 is 10.8 Å². The molecule has 1 aliphatic rings. The molecule has 1 rings (SSSR count). The molecule has 0 spiro atoms. The Morgan fingerprint density at radius 1 is 1.07 bits per heavy atom. The highest BCUT2D eigenvalue weighted by Gasteiger charge is 2.38. The van der Waals surface area contributed by atoms with Crippen LogP contribution >= 0.6 is 0 Å². The van der Waals surface area contributed by atoms with E-state index in [4.69, 9.17) is 5.73 Å². The van der Waals surface area contributed by atoms with E-state index in [-0.39, 0.29) is 17.2 Å². The van der Waals surface area contributed by atoms with E-state index in [9.17, 15) is 9.90 Å². The molecule has 0 aromatic rings. The summed E-state index contributed by atoms with van der Waals surface area (Å²) in [5.41, 5.74) is 6.06. The lowest BCUT2D eigenvalue weighted by atomic mass is 10.1. The Bertz CT molecular complexity index is 526. The molecule has 2 N–H and O–H groups in total. The number of aliphatic imine (C=N–C) groups is 1. The molecule has 5 heteroatoms. The van der Waals surface area contributed by atoms with E-state index in [1.807, 2.05) is 6.92 Å². The average Bonchev–Trinajstić information content (AvgIpc) is 3.05. The number of carbonyl (C=O) groups is 1. The van der Waals surface area contributed by atoms with Crippen LogP contribution in [0.3, 0.4) is 0 Å². The highest BCUT2D eigenvalue weighted by atomic mass is 16.4. The lowest BCUT2D eigenvalue weighted by Crippen LogP contribution is -2.60. The molecule has 160 valence electrons. The van der Waals surface area contributed by atoms with Crippen molar-refractivity contribution in [3.05, 3.63) is 24.6 Å². The number of hydrogen-bond acceptors (Lipinski definition) is 4. The first-order valence-electron chi connectivity index (χ1n) is 11.3. The highest BCUT2D eigenvalue weighted by Crippen LogP contribution is 2.22. The SMILES string of the molecule is CCCCCCCCCCC/C=C/CCCC1=NC=C[N+]1(CC(=O)[O-])C(C)N. The van der Waals surface area contributed by atoms with E-state index < -0.39 is 5.97 Å². The largest absolute Gasteiger partial charge is 0.544 e. The van der Waals surface area contributed by atoms with Crippen molar-refractivity contribution >= 4 is 11.8 Å². The second-order valence-corrected chi connectivity index (χ2v) is 8.03. The minimum atomic E-state index is -1.10. The van der Waals surface area contributed by atoms with Crippen LogP contribution in [-0.4, -0.2) is 29.0 Å². The van der Waals surface area contributed by atoms with E-state index >= 15 is 0 Å². The smallest absolute Gasteiger partial charge is 0.209 e. The second kappa shape index (κ2) is 14.5. The summed E-state index contributed by atoms with van der Waals surface area (Å²) in [6.45, 7) is 3.93. The summed E-state index contributed by atoms with van der Waals surface area (Å²) in [5, 5.41) is 11.1. The summed E-state index contributed by atoms with van der Waals surface area (Å²) in [6.07, 6.45) is 23.7. The van der Waals surface area contributed by atoms with E-state index in [1.54, 1.807) is 12.4 Å². The van der Waals surface area contributed by atoms with Crippen molar-refractivity contribution in [1.82, 2.24) is 0 Å². The van der Waals surface area contributed by atoms with Crippen LogP contribution in [0, 0.1) is 0 Å². The summed E-state index contributed by atoms with van der Waals surface area (Å²) >= 11 is 0. The summed E-state index contributed by atoms with van der Waals surface area (Å²) in [4.78, 5) is 15.5. The number of rotatable bonds is 17. The Hall–Kier alpha value is -1.46. The number of carbonyl (C=O) groups excluding carboxylic acids is 1. The van der Waals surface area contributed by atoms with Gasteiger partial charge in [-0.15, -0.1) is 0 Å². The molecular weight excluding hydrogens is 350 g/mol. The van der Waals surface area contributed by atoms with Crippen LogP contribution in [0.25, 0.3) is 0 Å². The molecule has 1 aliphatic heterocycles. The Morgan fingerprint density at radius 2 is 1.64 bits per heavy atom. The van der Waals surface area contributed by atoms with Gasteiger partial charge in [0.05, 0.1) is 12.2 Å². The number of nitrogens with zero attached hydrogens (tertiary/aromatic N) is 2. The van der Waals surface area contributed by atoms with Crippen molar-refractivity contribution in [3.63, 3.8) is 0 Å². The fourth-order valence-corrected chi connectivity index (χ4v) is 3.76. The first-order chi connectivity index (χ1) is 13.5. The maximum absolute atomic E-state index is 11.1. The lowest BCUT2D eigenvalue weighted by Gasteiger charge is -2.36. The molecule has 0 aliphatic carbocycles. The zero-order valence-electron chi connectivity index (χ0n) is 18.1. The van der Waals surface area contributed by atoms with Gasteiger partial charge in [0.25, 0.3) is 0 Å². The molecule has 0 radical (unpaired) electrons. The van der Waals surface area contributed by atoms with E-state index in [0.29, 0.717) is 0 Å². The number of quaternary nitrogens is 1. The predicted molar refractivity (Wildman–Crippen MR) is 115 cm³/mol. The topological polar surface area (TPSA) is 78.5 Å². The van der Waals surface area contributed by atoms with Crippen molar-refractivity contribution < 1.29 is 14.4 Å². The minimum Gasteiger partial charge on any atom is -0.544 e. The molecule has 2 unspecified atom stereocenters. The Balaban J connectivity index is 2.11. The second-order valence-electron chi connectivity index (χ2n) is 8.03. The first kappa shape index (κ1) is 24.6. The standard InChI is InChI=1S/C23H41N3O2/c1-3-4-5-6-7-8-9-10-11-12-13-14-15-16-17-22-25-18-19-26(22,21(2)24)20-23(27)28/h13-14,18-19,21H,3-12,15-17,20,24H2,1-2H3/b14-13+. The van der Waals surface area contributed by atoms with Crippen LogP contribution in [0.15, 0.2) is 29.5 Å². The number of nitrogens with two attached hydrogens (primary N) is 1. The Kier molecular flexibility index (Phi) is 12.8. The van der Waals surface area contributed by atoms with Gasteiger partial charge in [-0.05, 0) is 25.7 Å². The molecule has 0 bridgehead atoms. The quantitative estimate of drug-likeness (QED) is 0.227. The van der Waals surface area contributed by atoms with E-state index in [0.717, 1.165) is 31.5 Å². The van der Waals surface area contributed by atoms with Crippen LogP contribution in [0.5, 0.6) is 0 Å². The van der Waals surface area contributed by atoms with Gasteiger partial charge in [0.15, 0.2) is 0 Å². The van der Waals surface area contributed by atoms with Gasteiger partial charge in [-0.1, -0.05) is 70.4 Å². The summed E-state index contributed by atoms with van der Waals surface area (Å²) in [6, 6.07) is 0. The molecule has 28 heavy (non-hydrogen) atoms. The van der Waals surface area contributed by atoms with Crippen molar-refractivity contribution in [2.24, 2.45) is 10.7 Å². The molecule has 5 nitrogen and oxygen atoms in total. The molecule has 0 amide bonds. The number of unbranched alkanes of at least 4 members (excludes halogenated alkanes) is 10. The summed E-state index contributed by atoms with van der Waals surface area (Å²) in [7, 11) is 0. The lowest BCUT2D eigenvalue weighted by molar-refractivity contribution is -0.808. The van der Waals surface area contributed by atoms with Gasteiger partial charge in [-0.25, -0.2) is 9.48 Å². The highest BCUT2D eigenvalue weighted by molar-refractivity contribution is 5.81. The Labute approximate surface area is 172 Å². The summed E-state index contributed by atoms with van der Waals surface area (Å²) in [5.74, 6) is -0.274. The van der Waals surface area contributed by atoms with Gasteiger partial charge in [0.1, 0.15) is 18.9 Å². The third-order valence-corrected chi connectivity index (χ3v) is 5.57. The normalized spacial score (nSPS) is 20.0. The van der Waals surface area contributed by atoms with Crippen LogP contribution in [-0.2, 0) is 4.79 Å². The number of carboxylic acids is 1. The monoisotopic (exact) mass is 391 g/mol. The molecule has 0 aromatic carbocycles. The average molecular weight is 392 g/mol. The van der Waals surface area contributed by atoms with Crippen molar-refractivity contribution in [1.29, 1.82) is 0 Å². The third-order valence-electron chi connectivity index (χ3n) is 5.57. The van der Waals surface area contributed by atoms with Crippen molar-refractivity contribution in [2.75, 3.05) is 6.54 Å². The zero-order valence-corrected chi connectivity index (χ0v) is 18.1. The number of allylic oxidation sites excluding steroid dienone is 2. The number of hydrogen-bond donors (Lipinski definition) is 1. The number of aliphatic carboxylic acids is 1. The van der Waals surface area contributed by atoms with Crippen LogP contribution in [0.1, 0.15) is 97.3 Å². The van der Waals surface area contributed by atoms with Crippen LogP contribution in [0.4, 0.5) is 0 Å². The van der Waals surface area contributed by atoms with Gasteiger partial charge in [-0.2, -0.15) is 0 Å². The fourth-order valence-electron chi connectivity index (χ4n) is 3.76. The van der Waals surface area contributed by atoms with Crippen molar-refractivity contribution in [3.8, 4) is 0 Å². The van der Waals surface area contributed by atoms with Crippen molar-refractivity contribution in [2.45, 2.75) is 103 Å². The van der Waals surface area contributed by atoms with E-state index in [1.165, 1.54) is 57.8 Å². The van der Waals surface area contributed by atoms with Crippen LogP contribution in [0.2, 0.25) is 0 Å². The molecule has 1 heterocycles. The molecule has 2 atom stereocenters. The maximum atomic E-state index is 11.1. The van der Waals surface area contributed by atoms with Gasteiger partial charge in [0.2, 0.25) is 5.84 Å². The first-order valence-corrected chi connectivity index (χ1v) is 11.3. The fraction of sp³-hybridized carbons (Fsp3) is 0.739. The molecule has 0 aromatic heterocycles. The molecule has 0 fully saturated rings. The van der Waals surface area contributed by atoms with Gasteiger partial charge < -0.3 is 9.90 Å². The predicted octanol–water partition coefficient (Wildman–Crippen LogP) is 4.39.